The second-order valence-electron chi connectivity index (χ2n) is 6.78. The highest BCUT2D eigenvalue weighted by Crippen LogP contribution is 2.59. The molecule has 0 saturated carbocycles. The highest BCUT2D eigenvalue weighted by atomic mass is 31.2. The van der Waals surface area contributed by atoms with Crippen molar-refractivity contribution >= 4 is 12.7 Å². The highest BCUT2D eigenvalue weighted by Gasteiger charge is 2.47. The van der Waals surface area contributed by atoms with Crippen molar-refractivity contribution in [2.45, 2.75) is 65.5 Å². The van der Waals surface area contributed by atoms with Crippen LogP contribution in [0.3, 0.4) is 0 Å². The molecule has 5 heteroatoms. The molecule has 0 N–H and O–H groups in total. The smallest absolute Gasteiger partial charge is 0.176 e. The molecule has 0 aromatic heterocycles. The zero-order valence-electron chi connectivity index (χ0n) is 16.2. The van der Waals surface area contributed by atoms with Gasteiger partial charge in [0.2, 0.25) is 0 Å². The van der Waals surface area contributed by atoms with E-state index >= 15 is 0 Å². The van der Waals surface area contributed by atoms with Gasteiger partial charge in [0.1, 0.15) is 12.7 Å². The maximum atomic E-state index is 13.6. The number of unbranched alkanes of at least 4 members (excludes halogenated alkanes) is 5. The first-order valence-corrected chi connectivity index (χ1v) is 12.0. The van der Waals surface area contributed by atoms with Gasteiger partial charge in [-0.25, -0.2) is 0 Å². The van der Waals surface area contributed by atoms with Crippen LogP contribution < -0.4 is 5.30 Å². The van der Waals surface area contributed by atoms with Crippen LogP contribution in [0.4, 0.5) is 13.2 Å². The summed E-state index contributed by atoms with van der Waals surface area (Å²) in [6, 6.07) is 6.22. The predicted molar refractivity (Wildman–Crippen MR) is 105 cm³/mol. The van der Waals surface area contributed by atoms with Crippen molar-refractivity contribution in [2.24, 2.45) is 0 Å². The Morgan fingerprint density at radius 1 is 0.880 bits per heavy atom. The number of hydrogen-bond acceptors (Lipinski definition) is 1. The molecule has 0 saturated heterocycles. The van der Waals surface area contributed by atoms with E-state index in [0.717, 1.165) is 32.1 Å². The zero-order chi connectivity index (χ0) is 18.9. The van der Waals surface area contributed by atoms with E-state index in [9.17, 15) is 13.2 Å². The first kappa shape index (κ1) is 22.4. The second kappa shape index (κ2) is 10.5. The van der Waals surface area contributed by atoms with E-state index in [0.29, 0.717) is 5.30 Å². The lowest BCUT2D eigenvalue weighted by molar-refractivity contribution is -0.136. The molecule has 0 aliphatic heterocycles. The summed E-state index contributed by atoms with van der Waals surface area (Å²) in [4.78, 5) is 0. The monoisotopic (exact) mass is 376 g/mol. The van der Waals surface area contributed by atoms with E-state index < -0.39 is 19.2 Å². The van der Waals surface area contributed by atoms with Crippen molar-refractivity contribution in [3.8, 4) is 0 Å². The summed E-state index contributed by atoms with van der Waals surface area (Å²) in [5.41, 5.74) is -0.441. The van der Waals surface area contributed by atoms with Gasteiger partial charge in [-0.05, 0) is 38.8 Å². The molecule has 144 valence electrons. The summed E-state index contributed by atoms with van der Waals surface area (Å²) in [5, 5.41) is 0.528. The standard InChI is InChI=1S/C20H34F3NP/c1-5-8-9-10-11-14-17-25(4,24(6-2)7-3)19-16-13-12-15-18(19)20(21,22)23/h12-13,15-16H,5-11,14,17H2,1-4H3/q+1. The number of alkyl halides is 3. The molecule has 1 rings (SSSR count). The molecule has 1 unspecified atom stereocenters. The molecular weight excluding hydrogens is 342 g/mol. The first-order valence-electron chi connectivity index (χ1n) is 9.59. The summed E-state index contributed by atoms with van der Waals surface area (Å²) in [5.74, 6) is 0. The van der Waals surface area contributed by atoms with E-state index in [2.05, 4.69) is 32.1 Å². The van der Waals surface area contributed by atoms with Gasteiger partial charge in [0.05, 0.1) is 18.4 Å². The number of rotatable bonds is 11. The highest BCUT2D eigenvalue weighted by molar-refractivity contribution is 7.80. The Kier molecular flexibility index (Phi) is 9.45. The van der Waals surface area contributed by atoms with Crippen LogP contribution in [0.2, 0.25) is 0 Å². The average Bonchev–Trinajstić information content (AvgIpc) is 2.58. The summed E-state index contributed by atoms with van der Waals surface area (Å²) in [6.07, 6.45) is 3.59. The maximum Gasteiger partial charge on any atom is 0.420 e. The molecule has 0 aliphatic carbocycles. The Labute approximate surface area is 152 Å². The van der Waals surface area contributed by atoms with E-state index in [-0.39, 0.29) is 0 Å². The third kappa shape index (κ3) is 6.25. The van der Waals surface area contributed by atoms with Crippen molar-refractivity contribution in [2.75, 3.05) is 25.9 Å². The molecule has 0 bridgehead atoms. The minimum absolute atomic E-state index is 0.441. The third-order valence-electron chi connectivity index (χ3n) is 5.03. The van der Waals surface area contributed by atoms with Crippen LogP contribution >= 0.6 is 7.41 Å². The zero-order valence-corrected chi connectivity index (χ0v) is 17.1. The normalized spacial score (nSPS) is 14.7. The third-order valence-corrected chi connectivity index (χ3v) is 9.46. The SMILES string of the molecule is CCCCCCCC[P+](C)(c1ccccc1C(F)(F)F)N(CC)CC. The Bertz CT molecular complexity index is 500. The van der Waals surface area contributed by atoms with Crippen LogP contribution in [0.25, 0.3) is 0 Å². The molecule has 0 heterocycles. The van der Waals surface area contributed by atoms with Crippen LogP contribution in [0.5, 0.6) is 0 Å². The van der Waals surface area contributed by atoms with Crippen molar-refractivity contribution in [1.82, 2.24) is 4.67 Å². The maximum absolute atomic E-state index is 13.6. The number of nitrogens with zero attached hydrogens (tertiary/aromatic N) is 1. The van der Waals surface area contributed by atoms with Gasteiger partial charge < -0.3 is 0 Å². The van der Waals surface area contributed by atoms with Crippen molar-refractivity contribution in [1.29, 1.82) is 0 Å². The van der Waals surface area contributed by atoms with Crippen LogP contribution in [-0.4, -0.2) is 30.6 Å². The number of hydrogen-bond donors (Lipinski definition) is 0. The van der Waals surface area contributed by atoms with E-state index in [1.807, 2.05) is 0 Å². The Hall–Kier alpha value is -0.600. The fourth-order valence-electron chi connectivity index (χ4n) is 3.60. The Balaban J connectivity index is 3.05. The molecule has 0 aliphatic rings. The van der Waals surface area contributed by atoms with Gasteiger partial charge >= 0.3 is 6.18 Å². The lowest BCUT2D eigenvalue weighted by Crippen LogP contribution is -2.35. The van der Waals surface area contributed by atoms with E-state index in [4.69, 9.17) is 0 Å². The van der Waals surface area contributed by atoms with Crippen LogP contribution in [0, 0.1) is 0 Å². The fraction of sp³-hybridized carbons (Fsp3) is 0.700. The van der Waals surface area contributed by atoms with Crippen molar-refractivity contribution in [3.63, 3.8) is 0 Å². The Morgan fingerprint density at radius 2 is 1.44 bits per heavy atom. The topological polar surface area (TPSA) is 3.24 Å². The van der Waals surface area contributed by atoms with Gasteiger partial charge in [-0.1, -0.05) is 44.7 Å². The van der Waals surface area contributed by atoms with Crippen LogP contribution in [0.15, 0.2) is 24.3 Å². The first-order chi connectivity index (χ1) is 11.8. The predicted octanol–water partition coefficient (Wildman–Crippen LogP) is 6.60. The summed E-state index contributed by atoms with van der Waals surface area (Å²) in [7, 11) is -2.01. The minimum atomic E-state index is -4.29. The molecule has 25 heavy (non-hydrogen) atoms. The van der Waals surface area contributed by atoms with Gasteiger partial charge in [0.15, 0.2) is 0 Å². The summed E-state index contributed by atoms with van der Waals surface area (Å²) in [6.45, 7) is 9.98. The van der Waals surface area contributed by atoms with E-state index in [1.54, 1.807) is 12.1 Å². The number of halogens is 3. The fourth-order valence-corrected chi connectivity index (χ4v) is 7.64. The van der Waals surface area contributed by atoms with Gasteiger partial charge in [0.25, 0.3) is 0 Å². The molecule has 1 atom stereocenters. The van der Waals surface area contributed by atoms with Crippen LogP contribution in [0.1, 0.15) is 64.9 Å². The minimum Gasteiger partial charge on any atom is -0.176 e. The van der Waals surface area contributed by atoms with E-state index in [1.165, 1.54) is 37.8 Å². The molecule has 1 aromatic carbocycles. The average molecular weight is 376 g/mol. The molecule has 1 aromatic rings. The Morgan fingerprint density at radius 3 is 2.00 bits per heavy atom. The lowest BCUT2D eigenvalue weighted by Gasteiger charge is -2.34. The van der Waals surface area contributed by atoms with Crippen molar-refractivity contribution in [3.05, 3.63) is 29.8 Å². The molecule has 0 fully saturated rings. The van der Waals surface area contributed by atoms with Gasteiger partial charge in [-0.2, -0.15) is 17.8 Å². The summed E-state index contributed by atoms with van der Waals surface area (Å²) >= 11 is 0. The molecule has 0 radical (unpaired) electrons. The lowest BCUT2D eigenvalue weighted by atomic mass is 10.1. The van der Waals surface area contributed by atoms with Crippen molar-refractivity contribution < 1.29 is 13.2 Å². The van der Waals surface area contributed by atoms with Gasteiger partial charge in [-0.3, -0.25) is 0 Å². The molecule has 0 amide bonds. The largest absolute Gasteiger partial charge is 0.420 e. The molecule has 0 spiro atoms. The molecule has 1 nitrogen and oxygen atoms in total. The van der Waals surface area contributed by atoms with Crippen LogP contribution in [-0.2, 0) is 6.18 Å². The quantitative estimate of drug-likeness (QED) is 0.311. The van der Waals surface area contributed by atoms with Gasteiger partial charge in [-0.15, -0.1) is 0 Å². The molecular formula is C20H34F3NP+. The number of benzene rings is 1. The summed E-state index contributed by atoms with van der Waals surface area (Å²) < 4.78 is 43.0. The van der Waals surface area contributed by atoms with Gasteiger partial charge in [0, 0.05) is 13.1 Å². The second-order valence-corrected chi connectivity index (χ2v) is 10.6.